The molecule has 3 aliphatic rings. The highest BCUT2D eigenvalue weighted by atomic mass is 32.1. The highest BCUT2D eigenvalue weighted by Gasteiger charge is 2.42. The van der Waals surface area contributed by atoms with E-state index < -0.39 is 0 Å². The predicted molar refractivity (Wildman–Crippen MR) is 94.7 cm³/mol. The lowest BCUT2D eigenvalue weighted by Gasteiger charge is -2.32. The van der Waals surface area contributed by atoms with Crippen molar-refractivity contribution in [2.24, 2.45) is 0 Å². The lowest BCUT2D eigenvalue weighted by atomic mass is 9.82. The van der Waals surface area contributed by atoms with E-state index in [0.717, 1.165) is 49.0 Å². The van der Waals surface area contributed by atoms with Crippen LogP contribution in [0, 0.1) is 0 Å². The summed E-state index contributed by atoms with van der Waals surface area (Å²) in [6.45, 7) is 2.47. The van der Waals surface area contributed by atoms with Crippen LogP contribution in [0.3, 0.4) is 0 Å². The number of nitrogens with one attached hydrogen (secondary N) is 1. The lowest BCUT2D eigenvalue weighted by Crippen LogP contribution is -2.31. The van der Waals surface area contributed by atoms with Gasteiger partial charge in [-0.15, -0.1) is 11.3 Å². The molecule has 0 bridgehead atoms. The number of ether oxygens (including phenoxy) is 1. The molecule has 0 radical (unpaired) electrons. The Kier molecular flexibility index (Phi) is 3.54. The molecule has 0 amide bonds. The summed E-state index contributed by atoms with van der Waals surface area (Å²) in [7, 11) is 0. The maximum atomic E-state index is 13.2. The van der Waals surface area contributed by atoms with Crippen molar-refractivity contribution in [2.75, 3.05) is 13.2 Å². The molecular formula is C18H23N3O2S. The molecule has 24 heavy (non-hydrogen) atoms. The van der Waals surface area contributed by atoms with Gasteiger partial charge in [-0.3, -0.25) is 9.36 Å². The Morgan fingerprint density at radius 1 is 1.33 bits per heavy atom. The van der Waals surface area contributed by atoms with Crippen molar-refractivity contribution in [2.45, 2.75) is 63.1 Å². The summed E-state index contributed by atoms with van der Waals surface area (Å²) in [5.74, 6) is 0. The van der Waals surface area contributed by atoms with Crippen molar-refractivity contribution in [3.8, 4) is 0 Å². The molecule has 1 saturated heterocycles. The first-order valence-electron chi connectivity index (χ1n) is 9.12. The molecule has 4 heterocycles. The van der Waals surface area contributed by atoms with Gasteiger partial charge in [0.1, 0.15) is 4.83 Å². The Morgan fingerprint density at radius 2 is 2.21 bits per heavy atom. The number of rotatable bonds is 1. The van der Waals surface area contributed by atoms with Gasteiger partial charge in [-0.05, 0) is 37.8 Å². The van der Waals surface area contributed by atoms with Crippen molar-refractivity contribution in [3.63, 3.8) is 0 Å². The number of nitrogens with zero attached hydrogens (tertiary/aromatic N) is 2. The second-order valence-electron chi connectivity index (χ2n) is 7.48. The van der Waals surface area contributed by atoms with Crippen molar-refractivity contribution < 1.29 is 4.74 Å². The molecule has 0 unspecified atom stereocenters. The monoisotopic (exact) mass is 345 g/mol. The minimum Gasteiger partial charge on any atom is -0.373 e. The molecule has 128 valence electrons. The van der Waals surface area contributed by atoms with E-state index in [2.05, 4.69) is 10.3 Å². The van der Waals surface area contributed by atoms with Gasteiger partial charge in [0.2, 0.25) is 0 Å². The Morgan fingerprint density at radius 3 is 3.08 bits per heavy atom. The molecule has 1 N–H and O–H groups in total. The van der Waals surface area contributed by atoms with E-state index in [4.69, 9.17) is 4.74 Å². The minimum absolute atomic E-state index is 0.0231. The van der Waals surface area contributed by atoms with E-state index in [1.54, 1.807) is 17.7 Å². The normalized spacial score (nSPS) is 26.1. The second kappa shape index (κ2) is 5.64. The third-order valence-electron chi connectivity index (χ3n) is 6.00. The summed E-state index contributed by atoms with van der Waals surface area (Å²) >= 11 is 1.67. The van der Waals surface area contributed by atoms with E-state index in [9.17, 15) is 4.79 Å². The fourth-order valence-electron chi connectivity index (χ4n) is 4.73. The number of hydrogen-bond donors (Lipinski definition) is 1. The first-order valence-corrected chi connectivity index (χ1v) is 9.93. The summed E-state index contributed by atoms with van der Waals surface area (Å²) in [6, 6.07) is 0.143. The standard InChI is InChI=1S/C18H23N3O2S/c22-17-15-13-4-7-19-9-14(13)24-16(15)20-11-21(17)12-8-18(23-10-12)5-2-1-3-6-18/h11-12,19H,1-10H2/t12-/m0/s1. The van der Waals surface area contributed by atoms with Crippen molar-refractivity contribution in [3.05, 3.63) is 27.1 Å². The van der Waals surface area contributed by atoms with E-state index in [1.807, 2.05) is 4.57 Å². The summed E-state index contributed by atoms with van der Waals surface area (Å²) in [5, 5.41) is 4.25. The van der Waals surface area contributed by atoms with Crippen LogP contribution in [0.1, 0.15) is 55.0 Å². The van der Waals surface area contributed by atoms with Crippen LogP contribution in [0.25, 0.3) is 10.2 Å². The molecule has 1 saturated carbocycles. The first-order chi connectivity index (χ1) is 11.8. The molecule has 1 aliphatic carbocycles. The molecular weight excluding hydrogens is 322 g/mol. The van der Waals surface area contributed by atoms with Crippen LogP contribution in [0.2, 0.25) is 0 Å². The van der Waals surface area contributed by atoms with E-state index in [-0.39, 0.29) is 17.2 Å². The van der Waals surface area contributed by atoms with Crippen molar-refractivity contribution >= 4 is 21.6 Å². The average molecular weight is 345 g/mol. The van der Waals surface area contributed by atoms with Crippen molar-refractivity contribution in [1.29, 1.82) is 0 Å². The van der Waals surface area contributed by atoms with Gasteiger partial charge in [0.25, 0.3) is 5.56 Å². The zero-order chi connectivity index (χ0) is 16.1. The predicted octanol–water partition coefficient (Wildman–Crippen LogP) is 2.77. The Labute approximate surface area is 145 Å². The maximum absolute atomic E-state index is 13.2. The topological polar surface area (TPSA) is 56.2 Å². The van der Waals surface area contributed by atoms with Gasteiger partial charge in [0, 0.05) is 11.4 Å². The molecule has 2 aromatic rings. The van der Waals surface area contributed by atoms with Gasteiger partial charge < -0.3 is 10.1 Å². The summed E-state index contributed by atoms with van der Waals surface area (Å²) in [4.78, 5) is 20.0. The van der Waals surface area contributed by atoms with Crippen LogP contribution in [-0.4, -0.2) is 28.3 Å². The maximum Gasteiger partial charge on any atom is 0.262 e. The first kappa shape index (κ1) is 15.0. The SMILES string of the molecule is O=c1c2c3c(sc2ncn1[C@@H]1COC2(CCCCC2)C1)CNCC3. The third-order valence-corrected chi connectivity index (χ3v) is 7.14. The minimum atomic E-state index is 0.0231. The third kappa shape index (κ3) is 2.27. The molecule has 1 spiro atoms. The van der Waals surface area contributed by atoms with Gasteiger partial charge in [0.05, 0.1) is 30.0 Å². The van der Waals surface area contributed by atoms with E-state index >= 15 is 0 Å². The molecule has 5 nitrogen and oxygen atoms in total. The van der Waals surface area contributed by atoms with Gasteiger partial charge >= 0.3 is 0 Å². The van der Waals surface area contributed by atoms with Gasteiger partial charge in [0.15, 0.2) is 0 Å². The second-order valence-corrected chi connectivity index (χ2v) is 8.56. The Bertz CT molecular complexity index is 835. The Hall–Kier alpha value is -1.24. The van der Waals surface area contributed by atoms with Crippen LogP contribution in [0.4, 0.5) is 0 Å². The number of thiophene rings is 1. The quantitative estimate of drug-likeness (QED) is 0.863. The summed E-state index contributed by atoms with van der Waals surface area (Å²) in [6.07, 6.45) is 9.78. The van der Waals surface area contributed by atoms with Gasteiger partial charge in [-0.1, -0.05) is 19.3 Å². The van der Waals surface area contributed by atoms with Crippen LogP contribution < -0.4 is 10.9 Å². The highest BCUT2D eigenvalue weighted by Crippen LogP contribution is 2.43. The molecule has 6 heteroatoms. The molecule has 1 atom stereocenters. The van der Waals surface area contributed by atoms with Gasteiger partial charge in [-0.25, -0.2) is 4.98 Å². The largest absolute Gasteiger partial charge is 0.373 e. The zero-order valence-electron chi connectivity index (χ0n) is 13.8. The summed E-state index contributed by atoms with van der Waals surface area (Å²) < 4.78 is 8.08. The van der Waals surface area contributed by atoms with Crippen LogP contribution in [-0.2, 0) is 17.7 Å². The highest BCUT2D eigenvalue weighted by molar-refractivity contribution is 7.18. The lowest BCUT2D eigenvalue weighted by molar-refractivity contribution is -0.0248. The number of hydrogen-bond acceptors (Lipinski definition) is 5. The fraction of sp³-hybridized carbons (Fsp3) is 0.667. The summed E-state index contributed by atoms with van der Waals surface area (Å²) in [5.41, 5.74) is 1.39. The average Bonchev–Trinajstić information content (AvgIpc) is 3.18. The van der Waals surface area contributed by atoms with Crippen LogP contribution in [0.5, 0.6) is 0 Å². The zero-order valence-corrected chi connectivity index (χ0v) is 14.7. The van der Waals surface area contributed by atoms with Crippen LogP contribution in [0.15, 0.2) is 11.1 Å². The number of fused-ring (bicyclic) bond motifs is 3. The van der Waals surface area contributed by atoms with Gasteiger partial charge in [-0.2, -0.15) is 0 Å². The van der Waals surface area contributed by atoms with Crippen molar-refractivity contribution in [1.82, 2.24) is 14.9 Å². The molecule has 5 rings (SSSR count). The Balaban J connectivity index is 1.54. The van der Waals surface area contributed by atoms with E-state index in [0.29, 0.717) is 6.61 Å². The molecule has 2 aliphatic heterocycles. The van der Waals surface area contributed by atoms with E-state index in [1.165, 1.54) is 29.7 Å². The van der Waals surface area contributed by atoms with Crippen LogP contribution >= 0.6 is 11.3 Å². The fourth-order valence-corrected chi connectivity index (χ4v) is 5.88. The smallest absolute Gasteiger partial charge is 0.262 e. The molecule has 2 fully saturated rings. The number of aromatic nitrogens is 2. The molecule has 2 aromatic heterocycles. The molecule has 0 aromatic carbocycles.